The molecule has 0 bridgehead atoms. The van der Waals surface area contributed by atoms with E-state index in [2.05, 4.69) is 21.7 Å². The number of benzene rings is 2. The Labute approximate surface area is 244 Å². The Morgan fingerprint density at radius 2 is 1.93 bits per heavy atom. The summed E-state index contributed by atoms with van der Waals surface area (Å²) < 4.78 is 56.1. The summed E-state index contributed by atoms with van der Waals surface area (Å²) in [6, 6.07) is 11.4. The average Bonchev–Trinajstić information content (AvgIpc) is 3.37. The van der Waals surface area contributed by atoms with Crippen molar-refractivity contribution in [3.05, 3.63) is 59.4 Å². The number of hydrogen-bond acceptors (Lipinski definition) is 8. The number of alkyl halides is 3. The van der Waals surface area contributed by atoms with Crippen LogP contribution >= 0.6 is 11.3 Å². The van der Waals surface area contributed by atoms with Crippen LogP contribution in [0, 0.1) is 0 Å². The number of fused-ring (bicyclic) bond motifs is 1. The fraction of sp³-hybridized carbons (Fsp3) is 0.433. The van der Waals surface area contributed by atoms with Gasteiger partial charge in [-0.3, -0.25) is 0 Å². The summed E-state index contributed by atoms with van der Waals surface area (Å²) in [6.07, 6.45) is 0.742. The summed E-state index contributed by atoms with van der Waals surface area (Å²) in [7, 11) is 0. The number of aromatic carboxylic acids is 1. The smallest absolute Gasteiger partial charge is 0.478 e. The summed E-state index contributed by atoms with van der Waals surface area (Å²) >= 11 is 1.50. The summed E-state index contributed by atoms with van der Waals surface area (Å²) in [5.74, 6) is -0.445. The van der Waals surface area contributed by atoms with Gasteiger partial charge in [-0.1, -0.05) is 35.5 Å². The highest BCUT2D eigenvalue weighted by Gasteiger charge is 2.37. The molecule has 2 aliphatic rings. The Morgan fingerprint density at radius 3 is 2.67 bits per heavy atom. The lowest BCUT2D eigenvalue weighted by Crippen LogP contribution is -2.36. The van der Waals surface area contributed by atoms with E-state index >= 15 is 0 Å². The van der Waals surface area contributed by atoms with Crippen LogP contribution in [0.15, 0.2) is 47.0 Å². The second-order valence-corrected chi connectivity index (χ2v) is 11.7. The van der Waals surface area contributed by atoms with E-state index in [1.807, 2.05) is 0 Å². The molecule has 12 heteroatoms. The quantitative estimate of drug-likeness (QED) is 0.174. The highest BCUT2D eigenvalue weighted by molar-refractivity contribution is 7.22. The van der Waals surface area contributed by atoms with Crippen molar-refractivity contribution in [2.45, 2.75) is 76.4 Å². The molecular weight excluding hydrogens is 571 g/mol. The predicted octanol–water partition coefficient (Wildman–Crippen LogP) is 7.78. The fourth-order valence-electron chi connectivity index (χ4n) is 5.72. The minimum atomic E-state index is -4.83. The van der Waals surface area contributed by atoms with Gasteiger partial charge in [-0.25, -0.2) is 9.78 Å². The number of anilines is 1. The van der Waals surface area contributed by atoms with Crippen molar-refractivity contribution in [2.24, 2.45) is 0 Å². The Kier molecular flexibility index (Phi) is 7.84. The van der Waals surface area contributed by atoms with E-state index in [9.17, 15) is 23.1 Å². The van der Waals surface area contributed by atoms with Gasteiger partial charge in [-0.2, -0.15) is 0 Å². The first kappa shape index (κ1) is 28.5. The van der Waals surface area contributed by atoms with Crippen LogP contribution in [0.5, 0.6) is 5.75 Å². The number of nitrogens with zero attached hydrogens (tertiary/aromatic N) is 3. The maximum Gasteiger partial charge on any atom is 0.573 e. The first-order chi connectivity index (χ1) is 20.2. The third-order valence-electron chi connectivity index (χ3n) is 7.91. The molecule has 6 rings (SSSR count). The first-order valence-electron chi connectivity index (χ1n) is 14.1. The van der Waals surface area contributed by atoms with E-state index in [0.717, 1.165) is 53.9 Å². The fourth-order valence-corrected chi connectivity index (χ4v) is 6.87. The van der Waals surface area contributed by atoms with Gasteiger partial charge < -0.3 is 24.0 Å². The van der Waals surface area contributed by atoms with Crippen LogP contribution in [0.4, 0.5) is 18.3 Å². The number of carbonyl (C=O) groups is 1. The van der Waals surface area contributed by atoms with Crippen molar-refractivity contribution in [3.8, 4) is 17.0 Å². The molecule has 0 spiro atoms. The van der Waals surface area contributed by atoms with Gasteiger partial charge in [0.25, 0.3) is 0 Å². The Balaban J connectivity index is 1.17. The lowest BCUT2D eigenvalue weighted by molar-refractivity contribution is -0.274. The standard InChI is InChI=1S/C30H30F3N3O5S/c1-2-19-10-11-20(36(19)29-34-23-12-9-18(28(37)38)15-25(23)42-29)13-14-39-16-22-26(35-41-27(22)17-7-8-17)21-5-3-4-6-24(21)40-30(31,32)33/h3-6,9,12,15,17,19-20H,2,7-8,10-11,13-14,16H2,1H3,(H,37,38)/t19?,20-/m0/s1. The van der Waals surface area contributed by atoms with Gasteiger partial charge in [0.2, 0.25) is 0 Å². The van der Waals surface area contributed by atoms with E-state index in [4.69, 9.17) is 14.2 Å². The van der Waals surface area contributed by atoms with Gasteiger partial charge in [-0.15, -0.1) is 13.2 Å². The van der Waals surface area contributed by atoms with Gasteiger partial charge in [0, 0.05) is 35.7 Å². The Bertz CT molecular complexity index is 1580. The summed E-state index contributed by atoms with van der Waals surface area (Å²) in [4.78, 5) is 18.6. The number of hydrogen-bond donors (Lipinski definition) is 1. The molecule has 1 unspecified atom stereocenters. The zero-order valence-electron chi connectivity index (χ0n) is 22.9. The maximum atomic E-state index is 13.1. The number of rotatable bonds is 11. The zero-order valence-corrected chi connectivity index (χ0v) is 23.7. The molecule has 1 aliphatic heterocycles. The second kappa shape index (κ2) is 11.6. The van der Waals surface area contributed by atoms with Crippen molar-refractivity contribution in [2.75, 3.05) is 11.5 Å². The second-order valence-electron chi connectivity index (χ2n) is 10.7. The maximum absolute atomic E-state index is 13.1. The number of halogens is 3. The van der Waals surface area contributed by atoms with Crippen LogP contribution in [0.2, 0.25) is 0 Å². The SMILES string of the molecule is CCC1CC[C@@H](CCOCc2c(-c3ccccc3OC(F)(F)F)noc2C2CC2)N1c1nc2ccc(C(=O)O)cc2s1. The van der Waals surface area contributed by atoms with Crippen molar-refractivity contribution < 1.29 is 37.1 Å². The molecule has 222 valence electrons. The van der Waals surface area contributed by atoms with E-state index in [-0.39, 0.29) is 35.4 Å². The highest BCUT2D eigenvalue weighted by Crippen LogP contribution is 2.46. The molecule has 2 fully saturated rings. The first-order valence-corrected chi connectivity index (χ1v) is 14.9. The molecule has 3 heterocycles. The molecule has 8 nitrogen and oxygen atoms in total. The number of ether oxygens (including phenoxy) is 2. The number of carboxylic acid groups (broad SMARTS) is 1. The third kappa shape index (κ3) is 5.96. The van der Waals surface area contributed by atoms with Crippen LogP contribution in [0.3, 0.4) is 0 Å². The van der Waals surface area contributed by atoms with Crippen molar-refractivity contribution in [1.82, 2.24) is 10.1 Å². The lowest BCUT2D eigenvalue weighted by atomic mass is 10.0. The zero-order chi connectivity index (χ0) is 29.4. The molecule has 1 saturated heterocycles. The summed E-state index contributed by atoms with van der Waals surface area (Å²) in [6.45, 7) is 2.74. The molecule has 2 aromatic heterocycles. The molecule has 42 heavy (non-hydrogen) atoms. The molecule has 2 atom stereocenters. The van der Waals surface area contributed by atoms with Crippen LogP contribution in [-0.2, 0) is 11.3 Å². The van der Waals surface area contributed by atoms with Gasteiger partial charge in [-0.05, 0) is 68.9 Å². The monoisotopic (exact) mass is 601 g/mol. The van der Waals surface area contributed by atoms with Gasteiger partial charge in [0.05, 0.1) is 22.4 Å². The van der Waals surface area contributed by atoms with Crippen molar-refractivity contribution >= 4 is 32.7 Å². The van der Waals surface area contributed by atoms with Crippen molar-refractivity contribution in [1.29, 1.82) is 0 Å². The van der Waals surface area contributed by atoms with Gasteiger partial charge in [0.15, 0.2) is 5.13 Å². The molecule has 2 aromatic carbocycles. The molecule has 0 radical (unpaired) electrons. The topological polar surface area (TPSA) is 97.9 Å². The summed E-state index contributed by atoms with van der Waals surface area (Å²) in [5, 5.41) is 14.4. The van der Waals surface area contributed by atoms with Gasteiger partial charge >= 0.3 is 12.3 Å². The van der Waals surface area contributed by atoms with Crippen LogP contribution < -0.4 is 9.64 Å². The highest BCUT2D eigenvalue weighted by atomic mass is 32.1. The van der Waals surface area contributed by atoms with E-state index in [1.165, 1.54) is 29.5 Å². The average molecular weight is 602 g/mol. The van der Waals surface area contributed by atoms with E-state index in [1.54, 1.807) is 24.3 Å². The molecular formula is C30H30F3N3O5S. The molecule has 4 aromatic rings. The number of aromatic nitrogens is 2. The summed E-state index contributed by atoms with van der Waals surface area (Å²) in [5.41, 5.74) is 2.19. The number of thiazole rings is 1. The van der Waals surface area contributed by atoms with Crippen LogP contribution in [-0.4, -0.2) is 46.3 Å². The predicted molar refractivity (Wildman–Crippen MR) is 151 cm³/mol. The van der Waals surface area contributed by atoms with E-state index < -0.39 is 12.3 Å². The van der Waals surface area contributed by atoms with E-state index in [0.29, 0.717) is 29.7 Å². The number of para-hydroxylation sites is 1. The largest absolute Gasteiger partial charge is 0.573 e. The third-order valence-corrected chi connectivity index (χ3v) is 8.94. The Hall–Kier alpha value is -3.64. The molecule has 1 N–H and O–H groups in total. The van der Waals surface area contributed by atoms with Gasteiger partial charge in [0.1, 0.15) is 17.2 Å². The minimum Gasteiger partial charge on any atom is -0.478 e. The van der Waals surface area contributed by atoms with Crippen LogP contribution in [0.1, 0.15) is 73.0 Å². The lowest BCUT2D eigenvalue weighted by Gasteiger charge is -2.29. The number of carboxylic acids is 1. The normalized spacial score (nSPS) is 19.1. The minimum absolute atomic E-state index is 0.161. The van der Waals surface area contributed by atoms with Crippen LogP contribution in [0.25, 0.3) is 21.5 Å². The molecule has 1 aliphatic carbocycles. The molecule has 0 amide bonds. The Morgan fingerprint density at radius 1 is 1.14 bits per heavy atom. The molecule has 1 saturated carbocycles. The van der Waals surface area contributed by atoms with Crippen molar-refractivity contribution in [3.63, 3.8) is 0 Å².